The van der Waals surface area contributed by atoms with Crippen molar-refractivity contribution in [3.05, 3.63) is 69.3 Å². The zero-order valence-electron chi connectivity index (χ0n) is 21.0. The Morgan fingerprint density at radius 3 is 2.83 bits per heavy atom. The summed E-state index contributed by atoms with van der Waals surface area (Å²) in [6.07, 6.45) is 5.15. The first kappa shape index (κ1) is 24.7. The van der Waals surface area contributed by atoms with E-state index in [1.807, 2.05) is 26.0 Å². The lowest BCUT2D eigenvalue weighted by atomic mass is 9.83. The number of fused-ring (bicyclic) bond motifs is 1. The summed E-state index contributed by atoms with van der Waals surface area (Å²) in [6.45, 7) is 8.81. The summed E-state index contributed by atoms with van der Waals surface area (Å²) < 4.78 is 0.782. The van der Waals surface area contributed by atoms with Gasteiger partial charge in [-0.3, -0.25) is 4.79 Å². The lowest BCUT2D eigenvalue weighted by Gasteiger charge is -2.24. The fourth-order valence-corrected chi connectivity index (χ4v) is 5.58. The van der Waals surface area contributed by atoms with Crippen molar-refractivity contribution in [1.82, 2.24) is 15.3 Å². The predicted octanol–water partition coefficient (Wildman–Crippen LogP) is 5.85. The highest BCUT2D eigenvalue weighted by molar-refractivity contribution is 9.10. The Morgan fingerprint density at radius 1 is 1.19 bits per heavy atom. The molecule has 2 aliphatic rings. The Kier molecular flexibility index (Phi) is 6.99. The third-order valence-corrected chi connectivity index (χ3v) is 7.89. The van der Waals surface area contributed by atoms with Crippen LogP contribution in [0.2, 0.25) is 0 Å². The summed E-state index contributed by atoms with van der Waals surface area (Å²) in [5, 5.41) is 13.4. The molecule has 1 saturated heterocycles. The first-order valence-electron chi connectivity index (χ1n) is 12.7. The van der Waals surface area contributed by atoms with Crippen LogP contribution >= 0.6 is 15.9 Å². The minimum Gasteiger partial charge on any atom is -0.365 e. The van der Waals surface area contributed by atoms with Gasteiger partial charge in [-0.05, 0) is 95.9 Å². The molecule has 0 radical (unpaired) electrons. The summed E-state index contributed by atoms with van der Waals surface area (Å²) in [4.78, 5) is 21.7. The van der Waals surface area contributed by atoms with Gasteiger partial charge in [0, 0.05) is 30.7 Å². The van der Waals surface area contributed by atoms with E-state index < -0.39 is 5.41 Å². The average molecular weight is 550 g/mol. The van der Waals surface area contributed by atoms with Gasteiger partial charge in [-0.25, -0.2) is 4.98 Å². The Labute approximate surface area is 221 Å². The van der Waals surface area contributed by atoms with Gasteiger partial charge < -0.3 is 21.3 Å². The molecule has 0 bridgehead atoms. The first-order chi connectivity index (χ1) is 17.4. The van der Waals surface area contributed by atoms with Crippen molar-refractivity contribution in [2.45, 2.75) is 57.9 Å². The van der Waals surface area contributed by atoms with E-state index in [1.165, 1.54) is 24.0 Å². The van der Waals surface area contributed by atoms with Crippen LogP contribution in [0, 0.1) is 0 Å². The van der Waals surface area contributed by atoms with E-state index in [2.05, 4.69) is 73.4 Å². The van der Waals surface area contributed by atoms with E-state index in [1.54, 1.807) is 6.20 Å². The van der Waals surface area contributed by atoms with Gasteiger partial charge in [0.05, 0.1) is 9.89 Å². The van der Waals surface area contributed by atoms with Crippen LogP contribution in [-0.4, -0.2) is 29.0 Å². The average Bonchev–Trinajstić information content (AvgIpc) is 3.13. The quantitative estimate of drug-likeness (QED) is 0.296. The molecular formula is C28H33BrN6O. The molecule has 1 unspecified atom stereocenters. The van der Waals surface area contributed by atoms with Gasteiger partial charge in [0.2, 0.25) is 11.9 Å². The van der Waals surface area contributed by atoms with Crippen molar-refractivity contribution in [2.24, 2.45) is 0 Å². The molecule has 1 atom stereocenters. The summed E-state index contributed by atoms with van der Waals surface area (Å²) in [5.74, 6) is 1.84. The number of nitrogens with zero attached hydrogens (tertiary/aromatic N) is 2. The van der Waals surface area contributed by atoms with Gasteiger partial charge in [-0.15, -0.1) is 0 Å². The second-order valence-electron chi connectivity index (χ2n) is 10.1. The third kappa shape index (κ3) is 4.84. The Morgan fingerprint density at radius 2 is 2.06 bits per heavy atom. The number of amides is 1. The molecule has 3 heterocycles. The Bertz CT molecular complexity index is 1290. The van der Waals surface area contributed by atoms with Crippen LogP contribution in [-0.2, 0) is 23.2 Å². The van der Waals surface area contributed by atoms with Crippen LogP contribution in [0.4, 0.5) is 23.1 Å². The van der Waals surface area contributed by atoms with Crippen LogP contribution in [0.3, 0.4) is 0 Å². The molecule has 36 heavy (non-hydrogen) atoms. The number of benzene rings is 2. The summed E-state index contributed by atoms with van der Waals surface area (Å²) >= 11 is 3.58. The second-order valence-corrected chi connectivity index (χ2v) is 11.0. The molecule has 4 N–H and O–H groups in total. The minimum atomic E-state index is -0.570. The van der Waals surface area contributed by atoms with Crippen molar-refractivity contribution < 1.29 is 4.79 Å². The maximum Gasteiger partial charge on any atom is 0.234 e. The molecule has 1 fully saturated rings. The van der Waals surface area contributed by atoms with Crippen molar-refractivity contribution in [3.8, 4) is 0 Å². The zero-order chi connectivity index (χ0) is 25.3. The summed E-state index contributed by atoms with van der Waals surface area (Å²) in [5.41, 5.74) is 6.11. The number of halogens is 1. The molecule has 0 aliphatic carbocycles. The van der Waals surface area contributed by atoms with Crippen molar-refractivity contribution in [1.29, 1.82) is 0 Å². The van der Waals surface area contributed by atoms with Crippen LogP contribution in [0.25, 0.3) is 0 Å². The van der Waals surface area contributed by atoms with Crippen LogP contribution in [0.1, 0.15) is 61.8 Å². The molecule has 0 spiro atoms. The predicted molar refractivity (Wildman–Crippen MR) is 149 cm³/mol. The first-order valence-corrected chi connectivity index (χ1v) is 13.5. The molecular weight excluding hydrogens is 516 g/mol. The topological polar surface area (TPSA) is 91.0 Å². The molecule has 7 nitrogen and oxygen atoms in total. The molecule has 1 amide bonds. The SMILES string of the molecule is CCc1cc(C2CCCNC2)ccc1Nc1ncc(Br)c(NCc2cccc3c2C(C)(C)C(=O)N3)n1. The lowest BCUT2D eigenvalue weighted by molar-refractivity contribution is -0.119. The molecule has 1 aromatic heterocycles. The number of aromatic nitrogens is 2. The minimum absolute atomic E-state index is 0.0251. The van der Waals surface area contributed by atoms with Crippen molar-refractivity contribution in [2.75, 3.05) is 29.0 Å². The van der Waals surface area contributed by atoms with Gasteiger partial charge >= 0.3 is 0 Å². The number of nitrogens with one attached hydrogen (secondary N) is 4. The number of piperidine rings is 1. The monoisotopic (exact) mass is 548 g/mol. The van der Waals surface area contributed by atoms with Crippen LogP contribution < -0.4 is 21.3 Å². The number of anilines is 4. The standard InChI is InChI=1S/C28H33BrN6O/c1-4-17-13-18(19-8-6-12-30-14-19)10-11-22(17)34-27-32-16-21(29)25(35-27)31-15-20-7-5-9-23-24(20)28(2,3)26(36)33-23/h5,7,9-11,13,16,19,30H,4,6,8,12,14-15H2,1-3H3,(H,33,36)(H2,31,32,34,35). The van der Waals surface area contributed by atoms with Gasteiger partial charge in [0.1, 0.15) is 5.82 Å². The number of carbonyl (C=O) groups excluding carboxylic acids is 1. The number of hydrogen-bond acceptors (Lipinski definition) is 6. The summed E-state index contributed by atoms with van der Waals surface area (Å²) in [6, 6.07) is 12.7. The lowest BCUT2D eigenvalue weighted by Crippen LogP contribution is -2.28. The molecule has 3 aromatic rings. The van der Waals surface area contributed by atoms with E-state index in [0.717, 1.165) is 46.5 Å². The highest BCUT2D eigenvalue weighted by Gasteiger charge is 2.39. The number of hydrogen-bond donors (Lipinski definition) is 4. The molecule has 2 aromatic carbocycles. The molecule has 5 rings (SSSR count). The number of carbonyl (C=O) groups is 1. The molecule has 0 saturated carbocycles. The molecule has 2 aliphatic heterocycles. The fourth-order valence-electron chi connectivity index (χ4n) is 5.25. The Balaban J connectivity index is 1.34. The smallest absolute Gasteiger partial charge is 0.234 e. The maximum atomic E-state index is 12.4. The van der Waals surface area contributed by atoms with Crippen molar-refractivity contribution in [3.63, 3.8) is 0 Å². The normalized spacial score (nSPS) is 18.4. The van der Waals surface area contributed by atoms with E-state index in [0.29, 0.717) is 24.2 Å². The van der Waals surface area contributed by atoms with E-state index >= 15 is 0 Å². The van der Waals surface area contributed by atoms with Crippen molar-refractivity contribution >= 4 is 45.0 Å². The van der Waals surface area contributed by atoms with E-state index in [-0.39, 0.29) is 5.91 Å². The largest absolute Gasteiger partial charge is 0.365 e. The third-order valence-electron chi connectivity index (χ3n) is 7.31. The summed E-state index contributed by atoms with van der Waals surface area (Å²) in [7, 11) is 0. The highest BCUT2D eigenvalue weighted by atomic mass is 79.9. The van der Waals surface area contributed by atoms with Gasteiger partial charge in [0.15, 0.2) is 0 Å². The van der Waals surface area contributed by atoms with Gasteiger partial charge in [0.25, 0.3) is 0 Å². The Hall–Kier alpha value is -2.97. The zero-order valence-corrected chi connectivity index (χ0v) is 22.6. The molecule has 188 valence electrons. The van der Waals surface area contributed by atoms with Gasteiger partial charge in [-0.2, -0.15) is 4.98 Å². The van der Waals surface area contributed by atoms with E-state index in [9.17, 15) is 4.79 Å². The maximum absolute atomic E-state index is 12.4. The highest BCUT2D eigenvalue weighted by Crippen LogP contribution is 2.40. The van der Waals surface area contributed by atoms with E-state index in [4.69, 9.17) is 4.98 Å². The fraction of sp³-hybridized carbons (Fsp3) is 0.393. The second kappa shape index (κ2) is 10.2. The molecule has 8 heteroatoms. The van der Waals surface area contributed by atoms with Gasteiger partial charge in [-0.1, -0.05) is 31.2 Å². The number of rotatable bonds is 7. The van der Waals surface area contributed by atoms with Crippen LogP contribution in [0.15, 0.2) is 47.1 Å². The van der Waals surface area contributed by atoms with Crippen LogP contribution in [0.5, 0.6) is 0 Å². The number of aryl methyl sites for hydroxylation is 1.